The van der Waals surface area contributed by atoms with Gasteiger partial charge in [-0.15, -0.1) is 12.4 Å². The Labute approximate surface area is 195 Å². The van der Waals surface area contributed by atoms with Crippen LogP contribution in [0.5, 0.6) is 11.5 Å². The van der Waals surface area contributed by atoms with Crippen LogP contribution in [0.25, 0.3) is 0 Å². The number of benzene rings is 2. The summed E-state index contributed by atoms with van der Waals surface area (Å²) in [6.45, 7) is 1.79. The number of amidine groups is 1. The lowest BCUT2D eigenvalue weighted by Gasteiger charge is -2.19. The minimum absolute atomic E-state index is 0. The zero-order valence-electron chi connectivity index (χ0n) is 17.7. The number of halogens is 3. The van der Waals surface area contributed by atoms with Crippen LogP contribution in [-0.4, -0.2) is 23.3 Å². The maximum atomic E-state index is 14.8. The van der Waals surface area contributed by atoms with E-state index in [1.807, 2.05) is 0 Å². The largest absolute Gasteiger partial charge is 0.456 e. The van der Waals surface area contributed by atoms with Crippen molar-refractivity contribution in [3.05, 3.63) is 89.2 Å². The minimum Gasteiger partial charge on any atom is -0.456 e. The Morgan fingerprint density at radius 3 is 2.36 bits per heavy atom. The van der Waals surface area contributed by atoms with Crippen LogP contribution < -0.4 is 15.8 Å². The van der Waals surface area contributed by atoms with E-state index in [0.717, 1.165) is 17.7 Å². The highest BCUT2D eigenvalue weighted by molar-refractivity contribution is 5.94. The summed E-state index contributed by atoms with van der Waals surface area (Å²) in [6.07, 6.45) is 1.47. The molecule has 0 spiro atoms. The third-order valence-electron chi connectivity index (χ3n) is 4.49. The molecule has 0 bridgehead atoms. The van der Waals surface area contributed by atoms with Crippen molar-refractivity contribution in [2.24, 2.45) is 5.73 Å². The predicted molar refractivity (Wildman–Crippen MR) is 122 cm³/mol. The van der Waals surface area contributed by atoms with Crippen LogP contribution in [0.1, 0.15) is 29.7 Å². The van der Waals surface area contributed by atoms with Gasteiger partial charge in [0.15, 0.2) is 6.10 Å². The maximum absolute atomic E-state index is 14.8. The molecule has 0 aliphatic carbocycles. The number of nitrogens with zero attached hydrogens (tertiary/aromatic N) is 1. The number of rotatable bonds is 9. The van der Waals surface area contributed by atoms with E-state index in [-0.39, 0.29) is 37.1 Å². The van der Waals surface area contributed by atoms with E-state index in [4.69, 9.17) is 20.6 Å². The molecule has 0 aliphatic heterocycles. The summed E-state index contributed by atoms with van der Waals surface area (Å²) < 4.78 is 40.4. The summed E-state index contributed by atoms with van der Waals surface area (Å²) in [6, 6.07) is 11.9. The molecule has 0 fully saturated rings. The van der Waals surface area contributed by atoms with Crippen molar-refractivity contribution in [3.8, 4) is 11.5 Å². The van der Waals surface area contributed by atoms with Gasteiger partial charge in [-0.2, -0.15) is 0 Å². The fraction of sp³-hybridized carbons (Fsp3) is 0.174. The van der Waals surface area contributed by atoms with Crippen LogP contribution in [0.15, 0.2) is 60.9 Å². The molecule has 0 aliphatic rings. The Bertz CT molecular complexity index is 1080. The van der Waals surface area contributed by atoms with E-state index in [9.17, 15) is 13.6 Å². The zero-order valence-corrected chi connectivity index (χ0v) is 18.5. The van der Waals surface area contributed by atoms with Crippen LogP contribution in [0, 0.1) is 17.0 Å². The zero-order chi connectivity index (χ0) is 23.1. The first-order valence-electron chi connectivity index (χ1n) is 9.78. The Balaban J connectivity index is 0.00000385. The van der Waals surface area contributed by atoms with Crippen LogP contribution in [0.2, 0.25) is 0 Å². The highest BCUT2D eigenvalue weighted by Crippen LogP contribution is 2.30. The Kier molecular flexibility index (Phi) is 9.26. The summed E-state index contributed by atoms with van der Waals surface area (Å²) in [4.78, 5) is 16.6. The fourth-order valence-corrected chi connectivity index (χ4v) is 2.95. The lowest BCUT2D eigenvalue weighted by molar-refractivity contribution is -0.133. The third kappa shape index (κ3) is 6.71. The number of pyridine rings is 1. The molecule has 174 valence electrons. The van der Waals surface area contributed by atoms with Gasteiger partial charge >= 0.3 is 0 Å². The molecular weight excluding hydrogens is 454 g/mol. The van der Waals surface area contributed by atoms with Crippen molar-refractivity contribution in [2.45, 2.75) is 19.6 Å². The molecule has 0 radical (unpaired) electrons. The molecule has 1 heterocycles. The van der Waals surface area contributed by atoms with Crippen molar-refractivity contribution < 1.29 is 23.0 Å². The monoisotopic (exact) mass is 476 g/mol. The van der Waals surface area contributed by atoms with E-state index in [1.165, 1.54) is 6.20 Å². The van der Waals surface area contributed by atoms with E-state index in [1.54, 1.807) is 49.5 Å². The number of nitrogen functional groups attached to an aromatic ring is 1. The molecule has 1 aromatic heterocycles. The number of amides is 1. The number of hydrogen-bond donors (Lipinski definition) is 3. The number of nitrogens with one attached hydrogen (secondary N) is 2. The normalized spacial score (nSPS) is 11.2. The Morgan fingerprint density at radius 2 is 1.82 bits per heavy atom. The van der Waals surface area contributed by atoms with Gasteiger partial charge in [0.2, 0.25) is 0 Å². The van der Waals surface area contributed by atoms with Gasteiger partial charge in [0, 0.05) is 37.0 Å². The molecule has 1 unspecified atom stereocenters. The van der Waals surface area contributed by atoms with Crippen molar-refractivity contribution in [1.82, 2.24) is 10.3 Å². The van der Waals surface area contributed by atoms with E-state index >= 15 is 0 Å². The highest BCUT2D eigenvalue weighted by atomic mass is 35.5. The Morgan fingerprint density at radius 1 is 1.15 bits per heavy atom. The topological polar surface area (TPSA) is 110 Å². The van der Waals surface area contributed by atoms with Crippen molar-refractivity contribution in [1.29, 1.82) is 5.41 Å². The van der Waals surface area contributed by atoms with Gasteiger partial charge in [0.25, 0.3) is 5.91 Å². The molecule has 10 heteroatoms. The fourth-order valence-electron chi connectivity index (χ4n) is 2.95. The quantitative estimate of drug-likeness (QED) is 0.316. The molecule has 1 amide bonds. The molecule has 33 heavy (non-hydrogen) atoms. The van der Waals surface area contributed by atoms with Crippen LogP contribution in [0.4, 0.5) is 8.78 Å². The summed E-state index contributed by atoms with van der Waals surface area (Å²) in [5, 5.41) is 10.0. The maximum Gasteiger partial charge on any atom is 0.254 e. The van der Waals surface area contributed by atoms with Gasteiger partial charge < -0.3 is 20.5 Å². The highest BCUT2D eigenvalue weighted by Gasteiger charge is 2.28. The molecule has 1 atom stereocenters. The van der Waals surface area contributed by atoms with E-state index < -0.39 is 29.2 Å². The van der Waals surface area contributed by atoms with Gasteiger partial charge in [0.05, 0.1) is 11.8 Å². The molecular formula is C23H23ClF2N4O3. The lowest BCUT2D eigenvalue weighted by Crippen LogP contribution is -2.31. The van der Waals surface area contributed by atoms with E-state index in [2.05, 4.69) is 10.3 Å². The van der Waals surface area contributed by atoms with E-state index in [0.29, 0.717) is 11.3 Å². The first kappa shape index (κ1) is 25.7. The van der Waals surface area contributed by atoms with Crippen LogP contribution in [-0.2, 0) is 16.1 Å². The average Bonchev–Trinajstić information content (AvgIpc) is 2.77. The Hall–Kier alpha value is -3.56. The molecule has 7 nitrogen and oxygen atoms in total. The molecule has 2 aromatic carbocycles. The predicted octanol–water partition coefficient (Wildman–Crippen LogP) is 4.25. The smallest absolute Gasteiger partial charge is 0.254 e. The van der Waals surface area contributed by atoms with Gasteiger partial charge in [-0.25, -0.2) is 8.78 Å². The number of carbonyl (C=O) groups excluding carboxylic acids is 1. The molecule has 3 rings (SSSR count). The second kappa shape index (κ2) is 11.9. The number of aromatic nitrogens is 1. The van der Waals surface area contributed by atoms with Crippen LogP contribution >= 0.6 is 12.4 Å². The SMILES string of the molecule is CCOC(C(=O)NCc1ccc(C(=N)N)cc1)c1c(F)cc(Oc2cccnc2)cc1F.Cl. The minimum atomic E-state index is -1.48. The van der Waals surface area contributed by atoms with Crippen molar-refractivity contribution in [2.75, 3.05) is 6.61 Å². The summed E-state index contributed by atoms with van der Waals surface area (Å²) in [5.74, 6) is -2.46. The standard InChI is InChI=1S/C23H22F2N4O3.ClH/c1-2-31-21(23(30)29-12-14-5-7-15(8-6-14)22(26)27)20-18(24)10-17(11-19(20)25)32-16-4-3-9-28-13-16;/h3-11,13,21H,2,12H2,1H3,(H3,26,27)(H,29,30);1H. The molecule has 4 N–H and O–H groups in total. The second-order valence-electron chi connectivity index (χ2n) is 6.76. The van der Waals surface area contributed by atoms with Crippen molar-refractivity contribution >= 4 is 24.1 Å². The first-order chi connectivity index (χ1) is 15.4. The average molecular weight is 477 g/mol. The second-order valence-corrected chi connectivity index (χ2v) is 6.76. The number of carbonyl (C=O) groups is 1. The lowest BCUT2D eigenvalue weighted by atomic mass is 10.1. The van der Waals surface area contributed by atoms with Gasteiger partial charge in [0.1, 0.15) is 29.0 Å². The molecule has 3 aromatic rings. The molecule has 0 saturated carbocycles. The third-order valence-corrected chi connectivity index (χ3v) is 4.49. The molecule has 0 saturated heterocycles. The number of ether oxygens (including phenoxy) is 2. The van der Waals surface area contributed by atoms with Gasteiger partial charge in [-0.05, 0) is 24.6 Å². The van der Waals surface area contributed by atoms with Crippen molar-refractivity contribution in [3.63, 3.8) is 0 Å². The van der Waals surface area contributed by atoms with Crippen LogP contribution in [0.3, 0.4) is 0 Å². The summed E-state index contributed by atoms with van der Waals surface area (Å²) in [7, 11) is 0. The number of hydrogen-bond acceptors (Lipinski definition) is 5. The summed E-state index contributed by atoms with van der Waals surface area (Å²) in [5.41, 5.74) is 6.18. The first-order valence-corrected chi connectivity index (χ1v) is 9.78. The van der Waals surface area contributed by atoms with Gasteiger partial charge in [-0.1, -0.05) is 24.3 Å². The number of nitrogens with two attached hydrogens (primary N) is 1. The summed E-state index contributed by atoms with van der Waals surface area (Å²) >= 11 is 0. The van der Waals surface area contributed by atoms with Gasteiger partial charge in [-0.3, -0.25) is 15.2 Å².